The van der Waals surface area contributed by atoms with E-state index in [0.29, 0.717) is 19.5 Å². The van der Waals surface area contributed by atoms with Gasteiger partial charge in [0.05, 0.1) is 4.92 Å². The minimum absolute atomic E-state index is 0.0411. The first-order chi connectivity index (χ1) is 17.0. The number of benzene rings is 3. The lowest BCUT2D eigenvalue weighted by Gasteiger charge is -2.09. The van der Waals surface area contributed by atoms with Crippen molar-refractivity contribution >= 4 is 28.6 Å². The summed E-state index contributed by atoms with van der Waals surface area (Å²) in [6, 6.07) is 26.1. The van der Waals surface area contributed by atoms with E-state index in [1.165, 1.54) is 12.1 Å². The standard InChI is InChI=1S/C28H24N4O3/c1-20-26(17-23(18-29)28(33)30-16-15-21-7-3-2-4-8-21)25-9-5-6-10-27(25)31(20)19-22-11-13-24(14-12-22)32(34)35/h2-14,17H,15-16,19H2,1H3,(H,30,33)/b23-17+. The van der Waals surface area contributed by atoms with Crippen LogP contribution in [0.5, 0.6) is 0 Å². The second kappa shape index (κ2) is 10.5. The van der Waals surface area contributed by atoms with Crippen molar-refractivity contribution < 1.29 is 9.72 Å². The number of nitrogens with one attached hydrogen (secondary N) is 1. The molecule has 4 rings (SSSR count). The van der Waals surface area contributed by atoms with Gasteiger partial charge in [0.15, 0.2) is 0 Å². The number of carbonyl (C=O) groups is 1. The summed E-state index contributed by atoms with van der Waals surface area (Å²) in [6.07, 6.45) is 2.32. The van der Waals surface area contributed by atoms with Gasteiger partial charge in [0.2, 0.25) is 0 Å². The Labute approximate surface area is 203 Å². The van der Waals surface area contributed by atoms with Crippen LogP contribution in [-0.4, -0.2) is 21.9 Å². The van der Waals surface area contributed by atoms with Crippen LogP contribution in [0.3, 0.4) is 0 Å². The number of para-hydroxylation sites is 1. The maximum absolute atomic E-state index is 12.7. The predicted molar refractivity (Wildman–Crippen MR) is 136 cm³/mol. The molecule has 0 atom stereocenters. The van der Waals surface area contributed by atoms with Crippen molar-refractivity contribution in [3.63, 3.8) is 0 Å². The third kappa shape index (κ3) is 5.28. The van der Waals surface area contributed by atoms with Crippen molar-refractivity contribution in [1.82, 2.24) is 9.88 Å². The van der Waals surface area contributed by atoms with Crippen molar-refractivity contribution in [2.75, 3.05) is 6.54 Å². The molecule has 0 saturated heterocycles. The molecule has 0 aliphatic heterocycles. The number of nitro groups is 1. The lowest BCUT2D eigenvalue weighted by molar-refractivity contribution is -0.384. The zero-order valence-electron chi connectivity index (χ0n) is 19.3. The molecule has 0 unspecified atom stereocenters. The molecular formula is C28H24N4O3. The van der Waals surface area contributed by atoms with Gasteiger partial charge in [0.1, 0.15) is 11.6 Å². The highest BCUT2D eigenvalue weighted by Gasteiger charge is 2.16. The Morgan fingerprint density at radius 3 is 2.40 bits per heavy atom. The topological polar surface area (TPSA) is 101 Å². The highest BCUT2D eigenvalue weighted by molar-refractivity contribution is 6.04. The van der Waals surface area contributed by atoms with Gasteiger partial charge in [-0.15, -0.1) is 0 Å². The molecule has 4 aromatic rings. The summed E-state index contributed by atoms with van der Waals surface area (Å²) in [5, 5.41) is 24.4. The van der Waals surface area contributed by atoms with Crippen LogP contribution in [0.1, 0.15) is 22.4 Å². The number of hydrogen-bond donors (Lipinski definition) is 1. The van der Waals surface area contributed by atoms with E-state index in [9.17, 15) is 20.2 Å². The van der Waals surface area contributed by atoms with Gasteiger partial charge < -0.3 is 9.88 Å². The SMILES string of the molecule is Cc1c(/C=C(\C#N)C(=O)NCCc2ccccc2)c2ccccc2n1Cc1ccc([N+](=O)[O-])cc1. The quantitative estimate of drug-likeness (QED) is 0.168. The number of fused-ring (bicyclic) bond motifs is 1. The van der Waals surface area contributed by atoms with Gasteiger partial charge in [0.25, 0.3) is 11.6 Å². The van der Waals surface area contributed by atoms with Gasteiger partial charge in [-0.2, -0.15) is 5.26 Å². The molecule has 0 saturated carbocycles. The van der Waals surface area contributed by atoms with Gasteiger partial charge in [-0.3, -0.25) is 14.9 Å². The van der Waals surface area contributed by atoms with Crippen molar-refractivity contribution in [2.45, 2.75) is 19.9 Å². The molecule has 0 radical (unpaired) electrons. The fraction of sp³-hybridized carbons (Fsp3) is 0.143. The van der Waals surface area contributed by atoms with E-state index < -0.39 is 10.8 Å². The third-order valence-electron chi connectivity index (χ3n) is 5.96. The maximum atomic E-state index is 12.7. The Morgan fingerprint density at radius 1 is 1.03 bits per heavy atom. The summed E-state index contributed by atoms with van der Waals surface area (Å²) < 4.78 is 2.09. The van der Waals surface area contributed by atoms with Crippen LogP contribution < -0.4 is 5.32 Å². The molecule has 1 amide bonds. The van der Waals surface area contributed by atoms with E-state index in [1.807, 2.05) is 67.6 Å². The molecule has 1 N–H and O–H groups in total. The van der Waals surface area contributed by atoms with E-state index in [0.717, 1.165) is 33.3 Å². The zero-order valence-corrected chi connectivity index (χ0v) is 19.3. The van der Waals surface area contributed by atoms with Crippen LogP contribution >= 0.6 is 0 Å². The third-order valence-corrected chi connectivity index (χ3v) is 5.96. The molecule has 7 heteroatoms. The molecule has 0 aliphatic carbocycles. The summed E-state index contributed by atoms with van der Waals surface area (Å²) in [6.45, 7) is 2.88. The van der Waals surface area contributed by atoms with Crippen LogP contribution in [0.4, 0.5) is 5.69 Å². The van der Waals surface area contributed by atoms with E-state index >= 15 is 0 Å². The summed E-state index contributed by atoms with van der Waals surface area (Å²) in [5.74, 6) is -0.407. The minimum Gasteiger partial charge on any atom is -0.351 e. The van der Waals surface area contributed by atoms with Gasteiger partial charge in [0, 0.05) is 47.4 Å². The highest BCUT2D eigenvalue weighted by Crippen LogP contribution is 2.29. The number of carbonyl (C=O) groups excluding carboxylic acids is 1. The predicted octanol–water partition coefficient (Wildman–Crippen LogP) is 5.17. The number of rotatable bonds is 8. The van der Waals surface area contributed by atoms with Crippen molar-refractivity contribution in [3.05, 3.63) is 117 Å². The van der Waals surface area contributed by atoms with Crippen LogP contribution in [0.15, 0.2) is 84.4 Å². The van der Waals surface area contributed by atoms with Crippen molar-refractivity contribution in [2.24, 2.45) is 0 Å². The molecule has 3 aromatic carbocycles. The summed E-state index contributed by atoms with van der Waals surface area (Å²) in [7, 11) is 0. The lowest BCUT2D eigenvalue weighted by Crippen LogP contribution is -2.26. The fourth-order valence-corrected chi connectivity index (χ4v) is 4.10. The zero-order chi connectivity index (χ0) is 24.8. The highest BCUT2D eigenvalue weighted by atomic mass is 16.6. The van der Waals surface area contributed by atoms with Crippen LogP contribution in [0.2, 0.25) is 0 Å². The van der Waals surface area contributed by atoms with E-state index in [-0.39, 0.29) is 11.3 Å². The number of aromatic nitrogens is 1. The number of nitriles is 1. The van der Waals surface area contributed by atoms with Crippen LogP contribution in [0.25, 0.3) is 17.0 Å². The molecule has 0 bridgehead atoms. The molecule has 0 fully saturated rings. The Bertz CT molecular complexity index is 1450. The summed E-state index contributed by atoms with van der Waals surface area (Å²) in [5.41, 5.74) is 4.76. The molecule has 1 aromatic heterocycles. The smallest absolute Gasteiger partial charge is 0.269 e. The monoisotopic (exact) mass is 464 g/mol. The second-order valence-corrected chi connectivity index (χ2v) is 8.19. The molecule has 1 heterocycles. The molecule has 174 valence electrons. The fourth-order valence-electron chi connectivity index (χ4n) is 4.10. The number of non-ortho nitro benzene ring substituents is 1. The Hall–Kier alpha value is -4.70. The first-order valence-electron chi connectivity index (χ1n) is 11.2. The Balaban J connectivity index is 1.60. The average Bonchev–Trinajstić information content (AvgIpc) is 3.13. The molecule has 7 nitrogen and oxygen atoms in total. The maximum Gasteiger partial charge on any atom is 0.269 e. The molecule has 0 spiro atoms. The second-order valence-electron chi connectivity index (χ2n) is 8.19. The number of nitrogens with zero attached hydrogens (tertiary/aromatic N) is 3. The Kier molecular flexibility index (Phi) is 7.03. The summed E-state index contributed by atoms with van der Waals surface area (Å²) in [4.78, 5) is 23.3. The minimum atomic E-state index is -0.419. The number of nitro benzene ring substituents is 1. The average molecular weight is 465 g/mol. The van der Waals surface area contributed by atoms with Gasteiger partial charge >= 0.3 is 0 Å². The number of amides is 1. The van der Waals surface area contributed by atoms with Crippen LogP contribution in [0, 0.1) is 28.4 Å². The normalized spacial score (nSPS) is 11.3. The number of hydrogen-bond acceptors (Lipinski definition) is 4. The van der Waals surface area contributed by atoms with E-state index in [1.54, 1.807) is 18.2 Å². The van der Waals surface area contributed by atoms with E-state index in [4.69, 9.17) is 0 Å². The van der Waals surface area contributed by atoms with Gasteiger partial charge in [-0.05, 0) is 36.6 Å². The first-order valence-corrected chi connectivity index (χ1v) is 11.2. The first kappa shape index (κ1) is 23.5. The van der Waals surface area contributed by atoms with Crippen molar-refractivity contribution in [1.29, 1.82) is 5.26 Å². The van der Waals surface area contributed by atoms with Crippen LogP contribution in [-0.2, 0) is 17.8 Å². The van der Waals surface area contributed by atoms with E-state index in [2.05, 4.69) is 9.88 Å². The Morgan fingerprint density at radius 2 is 1.71 bits per heavy atom. The lowest BCUT2D eigenvalue weighted by atomic mass is 10.1. The van der Waals surface area contributed by atoms with Gasteiger partial charge in [-0.1, -0.05) is 60.7 Å². The molecule has 35 heavy (non-hydrogen) atoms. The largest absolute Gasteiger partial charge is 0.351 e. The summed E-state index contributed by atoms with van der Waals surface area (Å²) >= 11 is 0. The molecule has 0 aliphatic rings. The van der Waals surface area contributed by atoms with Crippen molar-refractivity contribution in [3.8, 4) is 6.07 Å². The van der Waals surface area contributed by atoms with Gasteiger partial charge in [-0.25, -0.2) is 0 Å². The molecular weight excluding hydrogens is 440 g/mol.